The molecule has 1 saturated heterocycles. The molecule has 1 aliphatic heterocycles. The lowest BCUT2D eigenvalue weighted by Crippen LogP contribution is -2.42. The second-order valence-electron chi connectivity index (χ2n) is 13.2. The molecule has 3 atom stereocenters. The van der Waals surface area contributed by atoms with Crippen molar-refractivity contribution in [1.82, 2.24) is 19.5 Å². The standard InChI is InChI=1S/C42H43N5O7/c1-5-9-29-12-18-35(19-13-29)54-46-39-38-40(44-26-43-39)47(27-45-38)41(28(2)48)24-36(49)37(53-41)25-52-42(30-10-7-6-8-11-30,31-14-20-33(50-3)21-15-31)32-16-22-34(51-4)23-17-32/h6-8,10-23,26-27,36-37,49H,5,9,24-25H2,1-4H3,(H,43,44,46)/t36-,37+,41-/m0/s1. The molecule has 6 aromatic rings. The monoisotopic (exact) mass is 729 g/mol. The van der Waals surface area contributed by atoms with Crippen molar-refractivity contribution in [1.29, 1.82) is 0 Å². The summed E-state index contributed by atoms with van der Waals surface area (Å²) in [5.41, 5.74) is 4.50. The Bertz CT molecular complexity index is 2130. The number of benzene rings is 4. The minimum atomic E-state index is -1.63. The Morgan fingerprint density at radius 3 is 2.07 bits per heavy atom. The largest absolute Gasteiger partial charge is 0.497 e. The number of rotatable bonds is 15. The van der Waals surface area contributed by atoms with Crippen molar-refractivity contribution < 1.29 is 33.7 Å². The Kier molecular flexibility index (Phi) is 10.6. The van der Waals surface area contributed by atoms with E-state index in [1.165, 1.54) is 25.1 Å². The van der Waals surface area contributed by atoms with Crippen LogP contribution in [0.1, 0.15) is 48.9 Å². The summed E-state index contributed by atoms with van der Waals surface area (Å²) in [6, 6.07) is 33.0. The number of aryl methyl sites for hydroxylation is 1. The van der Waals surface area contributed by atoms with Gasteiger partial charge in [0.15, 0.2) is 28.5 Å². The number of aliphatic hydroxyl groups is 1. The fraction of sp³-hybridized carbons (Fsp3) is 0.286. The topological polar surface area (TPSA) is 139 Å². The van der Waals surface area contributed by atoms with Crippen LogP contribution in [0.15, 0.2) is 116 Å². The van der Waals surface area contributed by atoms with E-state index in [0.29, 0.717) is 34.2 Å². The van der Waals surface area contributed by atoms with Crippen LogP contribution in [0.25, 0.3) is 11.2 Å². The minimum absolute atomic E-state index is 0.0569. The van der Waals surface area contributed by atoms with Gasteiger partial charge in [0.1, 0.15) is 29.5 Å². The van der Waals surface area contributed by atoms with Gasteiger partial charge in [-0.3, -0.25) is 9.36 Å². The summed E-state index contributed by atoms with van der Waals surface area (Å²) in [5.74, 6) is 1.96. The van der Waals surface area contributed by atoms with E-state index < -0.39 is 23.5 Å². The molecule has 278 valence electrons. The number of methoxy groups -OCH3 is 2. The summed E-state index contributed by atoms with van der Waals surface area (Å²) in [4.78, 5) is 32.8. The molecule has 0 radical (unpaired) electrons. The molecule has 0 spiro atoms. The summed E-state index contributed by atoms with van der Waals surface area (Å²) in [5, 5.41) is 11.6. The zero-order valence-electron chi connectivity index (χ0n) is 30.6. The normalized spacial score (nSPS) is 18.4. The molecule has 3 heterocycles. The predicted molar refractivity (Wildman–Crippen MR) is 202 cm³/mol. The highest BCUT2D eigenvalue weighted by molar-refractivity contribution is 5.88. The van der Waals surface area contributed by atoms with Gasteiger partial charge in [0, 0.05) is 6.42 Å². The summed E-state index contributed by atoms with van der Waals surface area (Å²) >= 11 is 0. The Morgan fingerprint density at radius 2 is 1.48 bits per heavy atom. The van der Waals surface area contributed by atoms with E-state index in [2.05, 4.69) is 27.4 Å². The summed E-state index contributed by atoms with van der Waals surface area (Å²) in [6.45, 7) is 3.48. The first-order valence-electron chi connectivity index (χ1n) is 17.9. The van der Waals surface area contributed by atoms with Crippen LogP contribution in [0.5, 0.6) is 17.2 Å². The Labute approximate surface area is 313 Å². The number of hydrogen-bond donors (Lipinski definition) is 2. The first-order valence-corrected chi connectivity index (χ1v) is 17.9. The van der Waals surface area contributed by atoms with Crippen LogP contribution in [-0.4, -0.2) is 63.4 Å². The Morgan fingerprint density at radius 1 is 0.870 bits per heavy atom. The molecule has 0 bridgehead atoms. The van der Waals surface area contributed by atoms with Gasteiger partial charge in [-0.2, -0.15) is 0 Å². The van der Waals surface area contributed by atoms with E-state index in [1.54, 1.807) is 18.8 Å². The van der Waals surface area contributed by atoms with Crippen molar-refractivity contribution in [3.05, 3.63) is 138 Å². The van der Waals surface area contributed by atoms with Crippen molar-refractivity contribution in [3.63, 3.8) is 0 Å². The smallest absolute Gasteiger partial charge is 0.209 e. The van der Waals surface area contributed by atoms with Crippen LogP contribution in [-0.2, 0) is 32.0 Å². The van der Waals surface area contributed by atoms with Crippen molar-refractivity contribution in [3.8, 4) is 17.2 Å². The fourth-order valence-corrected chi connectivity index (χ4v) is 7.06. The molecule has 54 heavy (non-hydrogen) atoms. The molecular weight excluding hydrogens is 686 g/mol. The van der Waals surface area contributed by atoms with Crippen molar-refractivity contribution in [2.24, 2.45) is 0 Å². The van der Waals surface area contributed by atoms with Gasteiger partial charge in [0.05, 0.1) is 33.3 Å². The van der Waals surface area contributed by atoms with Crippen LogP contribution in [0.4, 0.5) is 5.82 Å². The highest BCUT2D eigenvalue weighted by atomic mass is 16.6. The molecule has 12 nitrogen and oxygen atoms in total. The van der Waals surface area contributed by atoms with Crippen LogP contribution in [0.3, 0.4) is 0 Å². The zero-order chi connectivity index (χ0) is 37.7. The van der Waals surface area contributed by atoms with Gasteiger partial charge < -0.3 is 28.9 Å². The van der Waals surface area contributed by atoms with Gasteiger partial charge >= 0.3 is 0 Å². The number of nitrogens with one attached hydrogen (secondary N) is 1. The van der Waals surface area contributed by atoms with E-state index in [-0.39, 0.29) is 18.8 Å². The molecule has 0 unspecified atom stereocenters. The number of hydrogen-bond acceptors (Lipinski definition) is 11. The van der Waals surface area contributed by atoms with Gasteiger partial charge in [-0.15, -0.1) is 0 Å². The second-order valence-corrected chi connectivity index (χ2v) is 13.2. The first-order chi connectivity index (χ1) is 26.3. The SMILES string of the molecule is CCCc1ccc(ONc2ncnc3c2ncn3[C@@]2(C(C)=O)C[C@H](O)[C@@H](COC(c3ccccc3)(c3ccc(OC)cc3)c3ccc(OC)cc3)O2)cc1. The van der Waals surface area contributed by atoms with E-state index in [9.17, 15) is 9.90 Å². The van der Waals surface area contributed by atoms with Crippen molar-refractivity contribution in [2.45, 2.75) is 56.6 Å². The lowest BCUT2D eigenvalue weighted by Gasteiger charge is -2.37. The number of imidazole rings is 1. The van der Waals surface area contributed by atoms with E-state index in [4.69, 9.17) is 23.8 Å². The van der Waals surface area contributed by atoms with Crippen molar-refractivity contribution in [2.75, 3.05) is 26.3 Å². The zero-order valence-corrected chi connectivity index (χ0v) is 30.6. The van der Waals surface area contributed by atoms with E-state index >= 15 is 0 Å². The Hall–Kier alpha value is -5.82. The van der Waals surface area contributed by atoms with Gasteiger partial charge in [-0.1, -0.05) is 80.1 Å². The van der Waals surface area contributed by atoms with Gasteiger partial charge in [0.2, 0.25) is 5.72 Å². The molecule has 4 aromatic carbocycles. The molecule has 2 aromatic heterocycles. The van der Waals surface area contributed by atoms with Gasteiger partial charge in [0.25, 0.3) is 0 Å². The molecule has 0 saturated carbocycles. The third-order valence-corrected chi connectivity index (χ3v) is 9.90. The molecule has 0 amide bonds. The number of Topliss-reactive ketones (excluding diaryl/α,β-unsaturated/α-hetero) is 1. The summed E-state index contributed by atoms with van der Waals surface area (Å²) in [7, 11) is 3.24. The number of fused-ring (bicyclic) bond motifs is 1. The van der Waals surface area contributed by atoms with Crippen LogP contribution in [0.2, 0.25) is 0 Å². The first kappa shape index (κ1) is 36.5. The number of anilines is 1. The molecule has 7 rings (SSSR count). The maximum absolute atomic E-state index is 13.6. The maximum atomic E-state index is 13.6. The van der Waals surface area contributed by atoms with E-state index in [1.807, 2.05) is 103 Å². The molecular formula is C42H43N5O7. The van der Waals surface area contributed by atoms with Crippen molar-refractivity contribution >= 4 is 22.8 Å². The number of ether oxygens (including phenoxy) is 4. The summed E-state index contributed by atoms with van der Waals surface area (Å²) in [6.07, 6.45) is 2.82. The quantitative estimate of drug-likeness (QED) is 0.0873. The third kappa shape index (κ3) is 6.86. The Balaban J connectivity index is 1.20. The average molecular weight is 730 g/mol. The third-order valence-electron chi connectivity index (χ3n) is 9.90. The van der Waals surface area contributed by atoms with Gasteiger partial charge in [-0.05, 0) is 72.0 Å². The number of carbonyl (C=O) groups is 1. The number of nitrogens with zero attached hydrogens (tertiary/aromatic N) is 4. The van der Waals surface area contributed by atoms with Crippen LogP contribution in [0, 0.1) is 0 Å². The number of ketones is 1. The highest BCUT2D eigenvalue weighted by Gasteiger charge is 2.53. The molecule has 1 fully saturated rings. The van der Waals surface area contributed by atoms with Crippen LogP contribution < -0.4 is 19.8 Å². The average Bonchev–Trinajstić information content (AvgIpc) is 3.81. The number of aromatic nitrogens is 4. The number of aliphatic hydroxyl groups excluding tert-OH is 1. The number of carbonyl (C=O) groups excluding carboxylic acids is 1. The molecule has 0 aliphatic carbocycles. The predicted octanol–water partition coefficient (Wildman–Crippen LogP) is 6.60. The molecule has 2 N–H and O–H groups in total. The second kappa shape index (κ2) is 15.7. The fourth-order valence-electron chi connectivity index (χ4n) is 7.06. The van der Waals surface area contributed by atoms with Gasteiger partial charge in [-0.25, -0.2) is 20.4 Å². The molecule has 1 aliphatic rings. The van der Waals surface area contributed by atoms with E-state index in [0.717, 1.165) is 29.5 Å². The van der Waals surface area contributed by atoms with Crippen LogP contribution >= 0.6 is 0 Å². The summed E-state index contributed by atoms with van der Waals surface area (Å²) < 4.78 is 26.1. The lowest BCUT2D eigenvalue weighted by atomic mass is 9.80. The molecule has 12 heteroatoms. The minimum Gasteiger partial charge on any atom is -0.497 e. The highest BCUT2D eigenvalue weighted by Crippen LogP contribution is 2.44. The maximum Gasteiger partial charge on any atom is 0.209 e. The lowest BCUT2D eigenvalue weighted by molar-refractivity contribution is -0.164.